The van der Waals surface area contributed by atoms with Gasteiger partial charge >= 0.3 is 0 Å². The van der Waals surface area contributed by atoms with Crippen molar-refractivity contribution in [2.75, 3.05) is 26.7 Å². The summed E-state index contributed by atoms with van der Waals surface area (Å²) in [5.41, 5.74) is 4.99. The van der Waals surface area contributed by atoms with Crippen molar-refractivity contribution in [1.29, 1.82) is 0 Å². The number of nitrogens with one attached hydrogen (secondary N) is 1. The van der Waals surface area contributed by atoms with Crippen molar-refractivity contribution in [2.24, 2.45) is 11.7 Å². The van der Waals surface area contributed by atoms with E-state index in [4.69, 9.17) is 5.73 Å². The molecule has 4 heteroatoms. The molecular formula is C16H33N3O. The lowest BCUT2D eigenvalue weighted by Gasteiger charge is -2.31. The number of carbonyl (C=O) groups is 1. The van der Waals surface area contributed by atoms with Crippen LogP contribution >= 0.6 is 0 Å². The molecule has 1 rings (SSSR count). The van der Waals surface area contributed by atoms with Crippen LogP contribution in [-0.2, 0) is 4.79 Å². The first kappa shape index (κ1) is 17.4. The molecule has 0 aromatic carbocycles. The molecule has 0 saturated heterocycles. The number of amides is 1. The van der Waals surface area contributed by atoms with E-state index >= 15 is 0 Å². The predicted octanol–water partition coefficient (Wildman–Crippen LogP) is 2.13. The Kier molecular flexibility index (Phi) is 7.52. The van der Waals surface area contributed by atoms with Crippen LogP contribution in [-0.4, -0.2) is 43.0 Å². The molecule has 1 unspecified atom stereocenters. The van der Waals surface area contributed by atoms with Crippen molar-refractivity contribution in [2.45, 2.75) is 64.3 Å². The molecule has 1 fully saturated rings. The van der Waals surface area contributed by atoms with E-state index < -0.39 is 5.54 Å². The molecule has 0 bridgehead atoms. The third-order valence-electron chi connectivity index (χ3n) is 4.60. The van der Waals surface area contributed by atoms with Crippen LogP contribution in [0.25, 0.3) is 0 Å². The summed E-state index contributed by atoms with van der Waals surface area (Å²) in [6.45, 7) is 6.95. The lowest BCUT2D eigenvalue weighted by Crippen LogP contribution is -2.54. The minimum Gasteiger partial charge on any atom is -0.368 e. The van der Waals surface area contributed by atoms with Gasteiger partial charge in [0.15, 0.2) is 0 Å². The Morgan fingerprint density at radius 1 is 1.35 bits per heavy atom. The van der Waals surface area contributed by atoms with Crippen LogP contribution in [0.15, 0.2) is 0 Å². The molecule has 1 aliphatic rings. The Labute approximate surface area is 124 Å². The Balaban J connectivity index is 2.35. The molecule has 1 aliphatic carbocycles. The summed E-state index contributed by atoms with van der Waals surface area (Å²) < 4.78 is 0. The SMILES string of the molecule is CCCNC(C)(CCN(C)CC1CCCCC1)C(N)=O. The van der Waals surface area contributed by atoms with Crippen LogP contribution in [0.3, 0.4) is 0 Å². The van der Waals surface area contributed by atoms with E-state index in [1.807, 2.05) is 6.92 Å². The van der Waals surface area contributed by atoms with Crippen LogP contribution in [0.4, 0.5) is 0 Å². The van der Waals surface area contributed by atoms with E-state index in [2.05, 4.69) is 24.2 Å². The molecule has 118 valence electrons. The summed E-state index contributed by atoms with van der Waals surface area (Å²) in [6.07, 6.45) is 8.70. The Morgan fingerprint density at radius 3 is 2.55 bits per heavy atom. The lowest BCUT2D eigenvalue weighted by molar-refractivity contribution is -0.124. The van der Waals surface area contributed by atoms with E-state index in [-0.39, 0.29) is 5.91 Å². The minimum absolute atomic E-state index is 0.239. The third-order valence-corrected chi connectivity index (χ3v) is 4.60. The van der Waals surface area contributed by atoms with Gasteiger partial charge in [0.25, 0.3) is 0 Å². The van der Waals surface area contributed by atoms with E-state index in [1.54, 1.807) is 0 Å². The third kappa shape index (κ3) is 5.80. The largest absolute Gasteiger partial charge is 0.368 e. The summed E-state index contributed by atoms with van der Waals surface area (Å²) in [6, 6.07) is 0. The molecule has 1 atom stereocenters. The van der Waals surface area contributed by atoms with Gasteiger partial charge in [-0.15, -0.1) is 0 Å². The van der Waals surface area contributed by atoms with Crippen LogP contribution in [0, 0.1) is 5.92 Å². The molecule has 0 aromatic heterocycles. The molecule has 0 aliphatic heterocycles. The summed E-state index contributed by atoms with van der Waals surface area (Å²) in [7, 11) is 2.16. The van der Waals surface area contributed by atoms with Crippen molar-refractivity contribution in [3.8, 4) is 0 Å². The van der Waals surface area contributed by atoms with Crippen LogP contribution in [0.5, 0.6) is 0 Å². The first-order chi connectivity index (χ1) is 9.48. The maximum absolute atomic E-state index is 11.7. The number of hydrogen-bond donors (Lipinski definition) is 2. The monoisotopic (exact) mass is 283 g/mol. The van der Waals surface area contributed by atoms with Gasteiger partial charge in [-0.05, 0) is 52.1 Å². The predicted molar refractivity (Wildman–Crippen MR) is 84.6 cm³/mol. The number of rotatable bonds is 9. The smallest absolute Gasteiger partial charge is 0.237 e. The zero-order chi connectivity index (χ0) is 15.0. The molecule has 4 nitrogen and oxygen atoms in total. The topological polar surface area (TPSA) is 58.4 Å². The first-order valence-corrected chi connectivity index (χ1v) is 8.21. The fourth-order valence-electron chi connectivity index (χ4n) is 3.02. The summed E-state index contributed by atoms with van der Waals surface area (Å²) in [5, 5.41) is 3.30. The van der Waals surface area contributed by atoms with Gasteiger partial charge < -0.3 is 16.0 Å². The zero-order valence-corrected chi connectivity index (χ0v) is 13.6. The quantitative estimate of drug-likeness (QED) is 0.681. The molecule has 1 amide bonds. The van der Waals surface area contributed by atoms with Gasteiger partial charge in [0, 0.05) is 13.1 Å². The summed E-state index contributed by atoms with van der Waals surface area (Å²) >= 11 is 0. The highest BCUT2D eigenvalue weighted by molar-refractivity contribution is 5.84. The van der Waals surface area contributed by atoms with E-state index in [1.165, 1.54) is 32.1 Å². The Hall–Kier alpha value is -0.610. The van der Waals surface area contributed by atoms with Crippen LogP contribution in [0.2, 0.25) is 0 Å². The lowest BCUT2D eigenvalue weighted by atomic mass is 9.88. The highest BCUT2D eigenvalue weighted by atomic mass is 16.1. The molecule has 20 heavy (non-hydrogen) atoms. The summed E-state index contributed by atoms with van der Waals surface area (Å²) in [4.78, 5) is 14.0. The van der Waals surface area contributed by atoms with Crippen molar-refractivity contribution in [1.82, 2.24) is 10.2 Å². The minimum atomic E-state index is -0.573. The highest BCUT2D eigenvalue weighted by Gasteiger charge is 2.30. The second-order valence-corrected chi connectivity index (χ2v) is 6.64. The molecule has 0 aromatic rings. The zero-order valence-electron chi connectivity index (χ0n) is 13.6. The fraction of sp³-hybridized carbons (Fsp3) is 0.938. The molecule has 0 spiro atoms. The second-order valence-electron chi connectivity index (χ2n) is 6.64. The van der Waals surface area contributed by atoms with Crippen molar-refractivity contribution < 1.29 is 4.79 Å². The molecule has 0 heterocycles. The molecule has 1 saturated carbocycles. The van der Waals surface area contributed by atoms with E-state index in [0.717, 1.165) is 38.4 Å². The van der Waals surface area contributed by atoms with Gasteiger partial charge in [-0.3, -0.25) is 4.79 Å². The number of nitrogens with two attached hydrogens (primary N) is 1. The van der Waals surface area contributed by atoms with Gasteiger partial charge in [-0.2, -0.15) is 0 Å². The standard InChI is InChI=1S/C16H33N3O/c1-4-11-18-16(2,15(17)20)10-12-19(3)13-14-8-6-5-7-9-14/h14,18H,4-13H2,1-3H3,(H2,17,20). The number of hydrogen-bond acceptors (Lipinski definition) is 3. The normalized spacial score (nSPS) is 20.0. The first-order valence-electron chi connectivity index (χ1n) is 8.21. The average Bonchev–Trinajstić information content (AvgIpc) is 2.44. The molecule has 0 radical (unpaired) electrons. The van der Waals surface area contributed by atoms with Gasteiger partial charge in [0.1, 0.15) is 0 Å². The van der Waals surface area contributed by atoms with E-state index in [0.29, 0.717) is 0 Å². The highest BCUT2D eigenvalue weighted by Crippen LogP contribution is 2.24. The van der Waals surface area contributed by atoms with Gasteiger partial charge in [-0.1, -0.05) is 26.2 Å². The van der Waals surface area contributed by atoms with Crippen LogP contribution in [0.1, 0.15) is 58.8 Å². The van der Waals surface area contributed by atoms with Gasteiger partial charge in [0.05, 0.1) is 5.54 Å². The summed E-state index contributed by atoms with van der Waals surface area (Å²) in [5.74, 6) is 0.606. The number of primary amides is 1. The van der Waals surface area contributed by atoms with Crippen molar-refractivity contribution in [3.05, 3.63) is 0 Å². The van der Waals surface area contributed by atoms with E-state index in [9.17, 15) is 4.79 Å². The Bertz CT molecular complexity index is 289. The van der Waals surface area contributed by atoms with Crippen LogP contribution < -0.4 is 11.1 Å². The number of carbonyl (C=O) groups excluding carboxylic acids is 1. The Morgan fingerprint density at radius 2 is 2.00 bits per heavy atom. The fourth-order valence-corrected chi connectivity index (χ4v) is 3.02. The maximum atomic E-state index is 11.7. The van der Waals surface area contributed by atoms with Crippen molar-refractivity contribution >= 4 is 5.91 Å². The molecule has 3 N–H and O–H groups in total. The maximum Gasteiger partial charge on any atom is 0.237 e. The van der Waals surface area contributed by atoms with Gasteiger partial charge in [-0.25, -0.2) is 0 Å². The second kappa shape index (κ2) is 8.63. The van der Waals surface area contributed by atoms with Crippen molar-refractivity contribution in [3.63, 3.8) is 0 Å². The average molecular weight is 283 g/mol. The number of nitrogens with zero attached hydrogens (tertiary/aromatic N) is 1. The van der Waals surface area contributed by atoms with Gasteiger partial charge in [0.2, 0.25) is 5.91 Å². The molecular weight excluding hydrogens is 250 g/mol.